The van der Waals surface area contributed by atoms with Crippen LogP contribution >= 0.6 is 0 Å². The molecule has 0 fully saturated rings. The molecule has 1 N–H and O–H groups in total. The molecule has 7 heteroatoms. The van der Waals surface area contributed by atoms with Crippen molar-refractivity contribution in [3.63, 3.8) is 0 Å². The highest BCUT2D eigenvalue weighted by Crippen LogP contribution is 2.22. The van der Waals surface area contributed by atoms with Crippen LogP contribution in [-0.4, -0.2) is 45.4 Å². The number of hydrogen-bond donors (Lipinski definition) is 1. The van der Waals surface area contributed by atoms with Gasteiger partial charge in [0.2, 0.25) is 5.91 Å². The molecule has 0 atom stereocenters. The van der Waals surface area contributed by atoms with Gasteiger partial charge in [0.05, 0.1) is 11.9 Å². The zero-order chi connectivity index (χ0) is 24.0. The van der Waals surface area contributed by atoms with Crippen molar-refractivity contribution in [2.75, 3.05) is 18.4 Å². The van der Waals surface area contributed by atoms with E-state index in [-0.39, 0.29) is 30.4 Å². The third-order valence-electron chi connectivity index (χ3n) is 5.72. The molecular formula is C26H30N4O3. The second kappa shape index (κ2) is 10.7. The summed E-state index contributed by atoms with van der Waals surface area (Å²) in [5, 5.41) is 7.19. The summed E-state index contributed by atoms with van der Waals surface area (Å²) in [6.45, 7) is 8.84. The van der Waals surface area contributed by atoms with Gasteiger partial charge >= 0.3 is 0 Å². The molecule has 0 bridgehead atoms. The van der Waals surface area contributed by atoms with Gasteiger partial charge in [-0.3, -0.25) is 14.4 Å². The van der Waals surface area contributed by atoms with E-state index in [2.05, 4.69) is 10.4 Å². The molecule has 7 nitrogen and oxygen atoms in total. The van der Waals surface area contributed by atoms with Gasteiger partial charge in [-0.25, -0.2) is 4.68 Å². The van der Waals surface area contributed by atoms with Crippen molar-refractivity contribution in [2.45, 2.75) is 40.5 Å². The number of Topliss-reactive ketones (excluding diaryl/α,β-unsaturated/α-hetero) is 1. The van der Waals surface area contributed by atoms with E-state index in [4.69, 9.17) is 0 Å². The monoisotopic (exact) mass is 446 g/mol. The maximum absolute atomic E-state index is 13.0. The van der Waals surface area contributed by atoms with Gasteiger partial charge in [-0.05, 0) is 57.0 Å². The van der Waals surface area contributed by atoms with Crippen molar-refractivity contribution < 1.29 is 14.4 Å². The van der Waals surface area contributed by atoms with E-state index in [0.29, 0.717) is 30.0 Å². The number of carbonyl (C=O) groups is 3. The number of ketones is 1. The number of nitrogens with zero attached hydrogens (tertiary/aromatic N) is 3. The lowest BCUT2D eigenvalue weighted by atomic mass is 10.0. The molecule has 0 saturated heterocycles. The Morgan fingerprint density at radius 3 is 2.27 bits per heavy atom. The summed E-state index contributed by atoms with van der Waals surface area (Å²) in [5.41, 5.74) is 3.78. The van der Waals surface area contributed by atoms with Gasteiger partial charge in [0.1, 0.15) is 11.4 Å². The number of anilines is 1. The van der Waals surface area contributed by atoms with E-state index in [1.165, 1.54) is 6.20 Å². The first-order valence-corrected chi connectivity index (χ1v) is 11.2. The van der Waals surface area contributed by atoms with Gasteiger partial charge in [0.15, 0.2) is 5.78 Å². The molecular weight excluding hydrogens is 416 g/mol. The zero-order valence-electron chi connectivity index (χ0n) is 19.6. The van der Waals surface area contributed by atoms with Crippen LogP contribution in [0.25, 0.3) is 5.69 Å². The lowest BCUT2D eigenvalue weighted by molar-refractivity contribution is -0.116. The first-order chi connectivity index (χ1) is 15.8. The predicted octanol–water partition coefficient (Wildman–Crippen LogP) is 4.57. The Morgan fingerprint density at radius 1 is 0.939 bits per heavy atom. The first kappa shape index (κ1) is 23.9. The van der Waals surface area contributed by atoms with Crippen molar-refractivity contribution in [3.8, 4) is 5.69 Å². The molecule has 3 aromatic rings. The number of hydrogen-bond acceptors (Lipinski definition) is 4. The van der Waals surface area contributed by atoms with E-state index in [0.717, 1.165) is 16.8 Å². The molecule has 0 aliphatic heterocycles. The molecule has 3 rings (SSSR count). The second-order valence-corrected chi connectivity index (χ2v) is 7.90. The molecule has 0 saturated carbocycles. The summed E-state index contributed by atoms with van der Waals surface area (Å²) in [7, 11) is 0. The van der Waals surface area contributed by atoms with E-state index < -0.39 is 0 Å². The lowest BCUT2D eigenvalue weighted by Gasteiger charge is -2.19. The van der Waals surface area contributed by atoms with Crippen LogP contribution < -0.4 is 5.32 Å². The first-order valence-electron chi connectivity index (χ1n) is 11.2. The topological polar surface area (TPSA) is 84.3 Å². The number of aromatic nitrogens is 2. The Labute approximate surface area is 194 Å². The number of aryl methyl sites for hydroxylation is 2. The van der Waals surface area contributed by atoms with Crippen LogP contribution in [0.15, 0.2) is 54.7 Å². The van der Waals surface area contributed by atoms with Gasteiger partial charge in [-0.15, -0.1) is 0 Å². The van der Waals surface area contributed by atoms with Gasteiger partial charge in [-0.2, -0.15) is 5.10 Å². The fraction of sp³-hybridized carbons (Fsp3) is 0.308. The molecule has 0 unspecified atom stereocenters. The summed E-state index contributed by atoms with van der Waals surface area (Å²) in [6.07, 6.45) is 1.56. The Morgan fingerprint density at radius 2 is 1.64 bits per heavy atom. The zero-order valence-corrected chi connectivity index (χ0v) is 19.6. The lowest BCUT2D eigenvalue weighted by Crippen LogP contribution is -2.31. The van der Waals surface area contributed by atoms with Crippen molar-refractivity contribution in [2.24, 2.45) is 0 Å². The maximum atomic E-state index is 13.0. The Hall–Kier alpha value is -3.74. The van der Waals surface area contributed by atoms with Gasteiger partial charge < -0.3 is 10.2 Å². The minimum atomic E-state index is -0.349. The quantitative estimate of drug-likeness (QED) is 0.488. The Bertz CT molecular complexity index is 1150. The molecule has 172 valence electrons. The molecule has 0 spiro atoms. The minimum absolute atomic E-state index is 0.00459. The standard InChI is InChI=1S/C26H30N4O3/c1-5-29(6-2)26(33)22-17-27-30(21-10-8-7-9-11-21)25(22)28-24(32)15-14-23(31)20-13-12-18(3)19(4)16-20/h7-13,16-17H,5-6,14-15H2,1-4H3,(H,28,32). The number of benzene rings is 2. The number of amides is 2. The van der Waals surface area contributed by atoms with Crippen molar-refractivity contribution >= 4 is 23.4 Å². The average molecular weight is 447 g/mol. The molecule has 2 amide bonds. The summed E-state index contributed by atoms with van der Waals surface area (Å²) >= 11 is 0. The molecule has 1 aromatic heterocycles. The average Bonchev–Trinajstić information content (AvgIpc) is 3.23. The van der Waals surface area contributed by atoms with Crippen molar-refractivity contribution in [3.05, 3.63) is 77.0 Å². The van der Waals surface area contributed by atoms with Crippen LogP contribution in [0.1, 0.15) is 58.5 Å². The van der Waals surface area contributed by atoms with Crippen LogP contribution in [-0.2, 0) is 4.79 Å². The number of para-hydroxylation sites is 1. The summed E-state index contributed by atoms with van der Waals surface area (Å²) in [6, 6.07) is 14.8. The largest absolute Gasteiger partial charge is 0.339 e. The number of nitrogens with one attached hydrogen (secondary N) is 1. The molecule has 1 heterocycles. The molecule has 0 aliphatic carbocycles. The van der Waals surface area contributed by atoms with E-state index >= 15 is 0 Å². The van der Waals surface area contributed by atoms with Gasteiger partial charge in [-0.1, -0.05) is 30.3 Å². The highest BCUT2D eigenvalue weighted by Gasteiger charge is 2.23. The number of rotatable bonds is 9. The van der Waals surface area contributed by atoms with Gasteiger partial charge in [0.25, 0.3) is 5.91 Å². The summed E-state index contributed by atoms with van der Waals surface area (Å²) < 4.78 is 1.54. The van der Waals surface area contributed by atoms with Crippen LogP contribution in [0.5, 0.6) is 0 Å². The molecule has 0 radical (unpaired) electrons. The molecule has 2 aromatic carbocycles. The Kier molecular flexibility index (Phi) is 7.77. The Balaban J connectivity index is 1.81. The fourth-order valence-corrected chi connectivity index (χ4v) is 3.55. The van der Waals surface area contributed by atoms with Crippen LogP contribution in [0.3, 0.4) is 0 Å². The van der Waals surface area contributed by atoms with Crippen molar-refractivity contribution in [1.82, 2.24) is 14.7 Å². The second-order valence-electron chi connectivity index (χ2n) is 7.90. The highest BCUT2D eigenvalue weighted by atomic mass is 16.2. The highest BCUT2D eigenvalue weighted by molar-refractivity contribution is 6.04. The van der Waals surface area contributed by atoms with E-state index in [1.54, 1.807) is 15.6 Å². The van der Waals surface area contributed by atoms with E-state index in [9.17, 15) is 14.4 Å². The summed E-state index contributed by atoms with van der Waals surface area (Å²) in [4.78, 5) is 40.1. The molecule has 33 heavy (non-hydrogen) atoms. The minimum Gasteiger partial charge on any atom is -0.339 e. The molecule has 0 aliphatic rings. The normalized spacial score (nSPS) is 10.7. The van der Waals surface area contributed by atoms with Crippen LogP contribution in [0.2, 0.25) is 0 Å². The smallest absolute Gasteiger partial charge is 0.259 e. The van der Waals surface area contributed by atoms with Gasteiger partial charge in [0, 0.05) is 31.5 Å². The van der Waals surface area contributed by atoms with Crippen LogP contribution in [0.4, 0.5) is 5.82 Å². The van der Waals surface area contributed by atoms with E-state index in [1.807, 2.05) is 70.2 Å². The SMILES string of the molecule is CCN(CC)C(=O)c1cnn(-c2ccccc2)c1NC(=O)CCC(=O)c1ccc(C)c(C)c1. The third kappa shape index (κ3) is 5.55. The van der Waals surface area contributed by atoms with Crippen LogP contribution in [0, 0.1) is 13.8 Å². The summed E-state index contributed by atoms with van der Waals surface area (Å²) in [5.74, 6) is -0.340. The van der Waals surface area contributed by atoms with Crippen molar-refractivity contribution in [1.29, 1.82) is 0 Å². The fourth-order valence-electron chi connectivity index (χ4n) is 3.55. The maximum Gasteiger partial charge on any atom is 0.259 e. The number of carbonyl (C=O) groups excluding carboxylic acids is 3. The third-order valence-corrected chi connectivity index (χ3v) is 5.72. The predicted molar refractivity (Wildman–Crippen MR) is 129 cm³/mol.